The second-order valence-electron chi connectivity index (χ2n) is 4.09. The van der Waals surface area contributed by atoms with Gasteiger partial charge in [0.05, 0.1) is 0 Å². The molecule has 2 nitrogen and oxygen atoms in total. The van der Waals surface area contributed by atoms with Crippen molar-refractivity contribution in [1.82, 2.24) is 5.32 Å². The molecule has 4 heteroatoms. The van der Waals surface area contributed by atoms with Gasteiger partial charge in [-0.1, -0.05) is 25.5 Å². The molecule has 1 rings (SSSR count). The quantitative estimate of drug-likeness (QED) is 0.802. The molecule has 1 N–H and O–H groups in total. The van der Waals surface area contributed by atoms with E-state index in [1.165, 1.54) is 24.1 Å². The Morgan fingerprint density at radius 1 is 1.06 bits per heavy atom. The maximum atomic E-state index is 3.44. The van der Waals surface area contributed by atoms with Gasteiger partial charge in [0, 0.05) is 26.3 Å². The van der Waals surface area contributed by atoms with Gasteiger partial charge in [-0.25, -0.2) is 0 Å². The summed E-state index contributed by atoms with van der Waals surface area (Å²) in [6.45, 7) is 4.31. The Labute approximate surface area is 118 Å². The molecule has 0 fully saturated rings. The number of benzene rings is 1. The van der Waals surface area contributed by atoms with Gasteiger partial charge in [-0.2, -0.15) is 0 Å². The van der Waals surface area contributed by atoms with Gasteiger partial charge in [0.25, 0.3) is 0 Å². The fraction of sp³-hybridized carbons (Fsp3) is 0.538. The van der Waals surface area contributed by atoms with Crippen LogP contribution in [-0.4, -0.2) is 20.6 Å². The molecule has 0 aliphatic heterocycles. The van der Waals surface area contributed by atoms with Crippen molar-refractivity contribution < 1.29 is 0 Å². The Morgan fingerprint density at radius 2 is 1.65 bits per heavy atom. The van der Waals surface area contributed by atoms with Crippen LogP contribution in [0.25, 0.3) is 0 Å². The third-order valence-corrected chi connectivity index (χ3v) is 2.49. The zero-order valence-corrected chi connectivity index (χ0v) is 12.5. The van der Waals surface area contributed by atoms with E-state index in [1.54, 1.807) is 0 Å². The smallest absolute Gasteiger partial charge is 0.0361 e. The van der Waals surface area contributed by atoms with Crippen LogP contribution in [0.2, 0.25) is 0 Å². The predicted octanol–water partition coefficient (Wildman–Crippen LogP) is 3.49. The summed E-state index contributed by atoms with van der Waals surface area (Å²) >= 11 is 0. The summed E-state index contributed by atoms with van der Waals surface area (Å²) in [5.74, 6) is 0. The predicted molar refractivity (Wildman–Crippen MR) is 81.9 cm³/mol. The van der Waals surface area contributed by atoms with Crippen LogP contribution in [0.1, 0.15) is 25.3 Å². The van der Waals surface area contributed by atoms with Crippen molar-refractivity contribution in [2.45, 2.75) is 26.3 Å². The number of rotatable bonds is 6. The van der Waals surface area contributed by atoms with Crippen molar-refractivity contribution >= 4 is 30.5 Å². The highest BCUT2D eigenvalue weighted by atomic mass is 35.5. The molecule has 0 unspecified atom stereocenters. The summed E-state index contributed by atoms with van der Waals surface area (Å²) in [4.78, 5) is 2.12. The first-order chi connectivity index (χ1) is 7.24. The molecular weight excluding hydrogens is 255 g/mol. The Morgan fingerprint density at radius 3 is 2.12 bits per heavy atom. The molecule has 0 atom stereocenters. The van der Waals surface area contributed by atoms with Gasteiger partial charge in [0.15, 0.2) is 0 Å². The van der Waals surface area contributed by atoms with Gasteiger partial charge in [0.2, 0.25) is 0 Å². The molecule has 17 heavy (non-hydrogen) atoms. The normalized spacial score (nSPS) is 9.12. The van der Waals surface area contributed by atoms with Crippen LogP contribution in [0.3, 0.4) is 0 Å². The second-order valence-corrected chi connectivity index (χ2v) is 4.09. The molecule has 0 bridgehead atoms. The largest absolute Gasteiger partial charge is 0.378 e. The average Bonchev–Trinajstić information content (AvgIpc) is 2.25. The van der Waals surface area contributed by atoms with E-state index in [4.69, 9.17) is 0 Å². The Kier molecular flexibility index (Phi) is 11.9. The molecule has 0 saturated carbocycles. The highest BCUT2D eigenvalue weighted by molar-refractivity contribution is 5.85. The highest BCUT2D eigenvalue weighted by Crippen LogP contribution is 2.11. The van der Waals surface area contributed by atoms with E-state index in [2.05, 4.69) is 55.5 Å². The van der Waals surface area contributed by atoms with Crippen molar-refractivity contribution in [3.8, 4) is 0 Å². The zero-order chi connectivity index (χ0) is 11.1. The molecule has 0 radical (unpaired) electrons. The monoisotopic (exact) mass is 278 g/mol. The highest BCUT2D eigenvalue weighted by Gasteiger charge is 1.95. The maximum Gasteiger partial charge on any atom is 0.0361 e. The number of anilines is 1. The van der Waals surface area contributed by atoms with E-state index in [9.17, 15) is 0 Å². The molecule has 0 saturated heterocycles. The summed E-state index contributed by atoms with van der Waals surface area (Å²) in [7, 11) is 4.13. The van der Waals surface area contributed by atoms with Crippen LogP contribution in [0.15, 0.2) is 24.3 Å². The molecule has 1 aromatic rings. The summed E-state index contributed by atoms with van der Waals surface area (Å²) < 4.78 is 0. The van der Waals surface area contributed by atoms with Crippen molar-refractivity contribution in [3.05, 3.63) is 29.8 Å². The van der Waals surface area contributed by atoms with Gasteiger partial charge >= 0.3 is 0 Å². The Hall–Kier alpha value is -0.440. The summed E-state index contributed by atoms with van der Waals surface area (Å²) in [5, 5.41) is 3.44. The summed E-state index contributed by atoms with van der Waals surface area (Å²) in [6.07, 6.45) is 2.52. The minimum Gasteiger partial charge on any atom is -0.378 e. The molecule has 0 heterocycles. The van der Waals surface area contributed by atoms with E-state index >= 15 is 0 Å². The van der Waals surface area contributed by atoms with Gasteiger partial charge in [0.1, 0.15) is 0 Å². The number of nitrogens with zero attached hydrogens (tertiary/aromatic N) is 1. The topological polar surface area (TPSA) is 15.3 Å². The third kappa shape index (κ3) is 7.48. The van der Waals surface area contributed by atoms with E-state index in [1.807, 2.05) is 0 Å². The number of unbranched alkanes of at least 4 members (excludes halogenated alkanes) is 1. The van der Waals surface area contributed by atoms with Crippen molar-refractivity contribution in [1.29, 1.82) is 0 Å². The minimum absolute atomic E-state index is 0. The van der Waals surface area contributed by atoms with Gasteiger partial charge in [-0.05, 0) is 30.7 Å². The van der Waals surface area contributed by atoms with E-state index < -0.39 is 0 Å². The SMILES string of the molecule is CCCCNCc1ccc(N(C)C)cc1.Cl.Cl. The van der Waals surface area contributed by atoms with Crippen molar-refractivity contribution in [3.63, 3.8) is 0 Å². The molecule has 0 spiro atoms. The molecule has 0 amide bonds. The summed E-state index contributed by atoms with van der Waals surface area (Å²) in [5.41, 5.74) is 2.61. The van der Waals surface area contributed by atoms with E-state index in [0.717, 1.165) is 13.1 Å². The van der Waals surface area contributed by atoms with Crippen LogP contribution in [0.4, 0.5) is 5.69 Å². The first-order valence-corrected chi connectivity index (χ1v) is 5.71. The van der Waals surface area contributed by atoms with Gasteiger partial charge in [-0.15, -0.1) is 24.8 Å². The number of nitrogens with one attached hydrogen (secondary N) is 1. The lowest BCUT2D eigenvalue weighted by Crippen LogP contribution is -2.14. The van der Waals surface area contributed by atoms with Crippen molar-refractivity contribution in [2.75, 3.05) is 25.5 Å². The number of halogens is 2. The van der Waals surface area contributed by atoms with Crippen molar-refractivity contribution in [2.24, 2.45) is 0 Å². The molecule has 0 aromatic heterocycles. The zero-order valence-electron chi connectivity index (χ0n) is 10.9. The lowest BCUT2D eigenvalue weighted by molar-refractivity contribution is 0.641. The van der Waals surface area contributed by atoms with Gasteiger partial charge in [-0.3, -0.25) is 0 Å². The van der Waals surface area contributed by atoms with E-state index in [-0.39, 0.29) is 24.8 Å². The van der Waals surface area contributed by atoms with E-state index in [0.29, 0.717) is 0 Å². The fourth-order valence-corrected chi connectivity index (χ4v) is 1.45. The first-order valence-electron chi connectivity index (χ1n) is 5.71. The summed E-state index contributed by atoms with van der Waals surface area (Å²) in [6, 6.07) is 8.70. The molecular formula is C13H24Cl2N2. The van der Waals surface area contributed by atoms with Crippen LogP contribution in [-0.2, 0) is 6.54 Å². The minimum atomic E-state index is 0. The Bertz CT molecular complexity index is 273. The average molecular weight is 279 g/mol. The van der Waals surface area contributed by atoms with Crippen LogP contribution in [0, 0.1) is 0 Å². The standard InChI is InChI=1S/C13H22N2.2ClH/c1-4-5-10-14-11-12-6-8-13(9-7-12)15(2)3;;/h6-9,14H,4-5,10-11H2,1-3H3;2*1H. The number of hydrogen-bond donors (Lipinski definition) is 1. The second kappa shape index (κ2) is 10.7. The Balaban J connectivity index is 0. The lowest BCUT2D eigenvalue weighted by Gasteiger charge is -2.12. The van der Waals surface area contributed by atoms with Crippen LogP contribution in [0.5, 0.6) is 0 Å². The third-order valence-electron chi connectivity index (χ3n) is 2.49. The molecule has 1 aromatic carbocycles. The fourth-order valence-electron chi connectivity index (χ4n) is 1.45. The lowest BCUT2D eigenvalue weighted by atomic mass is 10.2. The maximum absolute atomic E-state index is 3.44. The van der Waals surface area contributed by atoms with Crippen LogP contribution >= 0.6 is 24.8 Å². The van der Waals surface area contributed by atoms with Gasteiger partial charge < -0.3 is 10.2 Å². The first kappa shape index (κ1) is 18.9. The number of hydrogen-bond acceptors (Lipinski definition) is 2. The van der Waals surface area contributed by atoms with Crippen LogP contribution < -0.4 is 10.2 Å². The molecule has 0 aliphatic rings. The molecule has 0 aliphatic carbocycles. The molecule has 100 valence electrons.